The number of amides is 2. The van der Waals surface area contributed by atoms with Crippen LogP contribution in [0.2, 0.25) is 0 Å². The minimum atomic E-state index is 0.130. The summed E-state index contributed by atoms with van der Waals surface area (Å²) in [6, 6.07) is 0.373. The molecular weight excluding hydrogens is 414 g/mol. The largest absolute Gasteiger partial charge is 0.372 e. The molecule has 3 atom stereocenters. The van der Waals surface area contributed by atoms with Crippen LogP contribution < -0.4 is 10.6 Å². The van der Waals surface area contributed by atoms with Gasteiger partial charge in [-0.3, -0.25) is 14.5 Å². The van der Waals surface area contributed by atoms with Crippen molar-refractivity contribution in [3.05, 3.63) is 24.3 Å². The highest BCUT2D eigenvalue weighted by Crippen LogP contribution is 2.15. The summed E-state index contributed by atoms with van der Waals surface area (Å²) in [6.07, 6.45) is 18.5. The summed E-state index contributed by atoms with van der Waals surface area (Å²) in [7, 11) is 0. The molecule has 6 nitrogen and oxygen atoms in total. The van der Waals surface area contributed by atoms with Gasteiger partial charge in [0.25, 0.3) is 0 Å². The number of carbonyl (C=O) groups excluding carboxylic acids is 2. The van der Waals surface area contributed by atoms with E-state index < -0.39 is 0 Å². The summed E-state index contributed by atoms with van der Waals surface area (Å²) in [5, 5.41) is 6.20. The molecule has 1 aliphatic rings. The van der Waals surface area contributed by atoms with Crippen LogP contribution in [-0.2, 0) is 14.3 Å². The van der Waals surface area contributed by atoms with Gasteiger partial charge in [-0.05, 0) is 66.2 Å². The quantitative estimate of drug-likeness (QED) is 0.155. The Hall–Kier alpha value is -1.66. The first kappa shape index (κ1) is 29.4. The van der Waals surface area contributed by atoms with Crippen molar-refractivity contribution in [2.75, 3.05) is 26.2 Å². The third-order valence-electron chi connectivity index (χ3n) is 6.16. The zero-order chi connectivity index (χ0) is 24.3. The zero-order valence-corrected chi connectivity index (χ0v) is 21.6. The van der Waals surface area contributed by atoms with E-state index in [4.69, 9.17) is 4.74 Å². The Morgan fingerprint density at radius 1 is 0.848 bits per heavy atom. The van der Waals surface area contributed by atoms with Crippen molar-refractivity contribution in [2.24, 2.45) is 0 Å². The second-order valence-corrected chi connectivity index (χ2v) is 9.30. The normalized spacial score (nSPS) is 17.5. The monoisotopic (exact) mass is 463 g/mol. The molecule has 1 heterocycles. The molecule has 0 spiro atoms. The summed E-state index contributed by atoms with van der Waals surface area (Å²) in [5.74, 6) is 0.261. The van der Waals surface area contributed by atoms with Crippen molar-refractivity contribution in [3.8, 4) is 0 Å². The number of ether oxygens (including phenoxy) is 1. The second kappa shape index (κ2) is 18.7. The third kappa shape index (κ3) is 15.7. The van der Waals surface area contributed by atoms with E-state index in [9.17, 15) is 9.59 Å². The zero-order valence-electron chi connectivity index (χ0n) is 21.6. The van der Waals surface area contributed by atoms with Crippen LogP contribution in [0.1, 0.15) is 91.9 Å². The molecule has 0 saturated carbocycles. The van der Waals surface area contributed by atoms with E-state index in [1.165, 1.54) is 0 Å². The minimum absolute atomic E-state index is 0.130. The maximum Gasteiger partial charge on any atom is 0.220 e. The van der Waals surface area contributed by atoms with Crippen molar-refractivity contribution in [1.29, 1.82) is 0 Å². The molecule has 0 aromatic heterocycles. The Labute approximate surface area is 202 Å². The maximum atomic E-state index is 12.2. The lowest BCUT2D eigenvalue weighted by molar-refractivity contribution is -0.121. The topological polar surface area (TPSA) is 74.0 Å². The second-order valence-electron chi connectivity index (χ2n) is 9.30. The van der Waals surface area contributed by atoms with Gasteiger partial charge in [0.2, 0.25) is 11.8 Å². The van der Waals surface area contributed by atoms with Gasteiger partial charge < -0.3 is 15.4 Å². The van der Waals surface area contributed by atoms with Crippen LogP contribution in [0.25, 0.3) is 0 Å². The molecule has 3 unspecified atom stereocenters. The van der Waals surface area contributed by atoms with Gasteiger partial charge in [0.15, 0.2) is 0 Å². The molecule has 0 aromatic carbocycles. The van der Waals surface area contributed by atoms with Crippen molar-refractivity contribution >= 4 is 11.8 Å². The summed E-state index contributed by atoms with van der Waals surface area (Å²) >= 11 is 0. The number of rotatable bonds is 20. The van der Waals surface area contributed by atoms with Gasteiger partial charge in [-0.15, -0.1) is 0 Å². The van der Waals surface area contributed by atoms with Crippen molar-refractivity contribution in [3.63, 3.8) is 0 Å². The van der Waals surface area contributed by atoms with Crippen LogP contribution in [0.5, 0.6) is 0 Å². The SMILES string of the molecule is C/C=C/CCCCCC(=O)NCC(C)N(CC1CO1)C(C)CNC(=O)CCCCC/C=C/C. The molecule has 0 aliphatic carbocycles. The first-order valence-corrected chi connectivity index (χ1v) is 13.1. The number of unbranched alkanes of at least 4 members (excludes halogenated alkanes) is 6. The van der Waals surface area contributed by atoms with Gasteiger partial charge in [-0.1, -0.05) is 37.1 Å². The first-order chi connectivity index (χ1) is 16.0. The Balaban J connectivity index is 2.29. The molecule has 0 radical (unpaired) electrons. The Kier molecular flexibility index (Phi) is 16.7. The van der Waals surface area contributed by atoms with Gasteiger partial charge in [0.1, 0.15) is 0 Å². The van der Waals surface area contributed by atoms with Gasteiger partial charge in [-0.2, -0.15) is 0 Å². The highest BCUT2D eigenvalue weighted by Gasteiger charge is 2.30. The third-order valence-corrected chi connectivity index (χ3v) is 6.16. The smallest absolute Gasteiger partial charge is 0.220 e. The van der Waals surface area contributed by atoms with E-state index in [0.29, 0.717) is 25.9 Å². The first-order valence-electron chi connectivity index (χ1n) is 13.1. The van der Waals surface area contributed by atoms with Crippen LogP contribution in [0.3, 0.4) is 0 Å². The average Bonchev–Trinajstić information content (AvgIpc) is 3.63. The molecule has 1 rings (SSSR count). The van der Waals surface area contributed by atoms with Crippen LogP contribution in [0, 0.1) is 0 Å². The molecule has 1 saturated heterocycles. The Morgan fingerprint density at radius 2 is 1.30 bits per heavy atom. The van der Waals surface area contributed by atoms with Crippen molar-refractivity contribution < 1.29 is 14.3 Å². The fourth-order valence-electron chi connectivity index (χ4n) is 3.92. The molecule has 2 amide bonds. The molecule has 1 fully saturated rings. The number of nitrogens with one attached hydrogen (secondary N) is 2. The maximum absolute atomic E-state index is 12.2. The number of carbonyl (C=O) groups is 2. The predicted octanol–water partition coefficient (Wildman–Crippen LogP) is 4.75. The molecule has 6 heteroatoms. The van der Waals surface area contributed by atoms with Crippen LogP contribution in [0.15, 0.2) is 24.3 Å². The summed E-state index contributed by atoms with van der Waals surface area (Å²) < 4.78 is 5.45. The van der Waals surface area contributed by atoms with Crippen LogP contribution in [0.4, 0.5) is 0 Å². The van der Waals surface area contributed by atoms with E-state index in [0.717, 1.165) is 64.5 Å². The van der Waals surface area contributed by atoms with Crippen LogP contribution in [-0.4, -0.2) is 61.1 Å². The predicted molar refractivity (Wildman–Crippen MR) is 137 cm³/mol. The molecule has 190 valence electrons. The molecule has 33 heavy (non-hydrogen) atoms. The number of hydrogen-bond donors (Lipinski definition) is 2. The minimum Gasteiger partial charge on any atom is -0.372 e. The van der Waals surface area contributed by atoms with Gasteiger partial charge >= 0.3 is 0 Å². The summed E-state index contributed by atoms with van der Waals surface area (Å²) in [5.41, 5.74) is 0. The highest BCUT2D eigenvalue weighted by molar-refractivity contribution is 5.76. The standard InChI is InChI=1S/C27H49N3O3/c1-5-7-9-11-13-15-17-26(31)28-19-23(3)30(21-25-22-33-25)24(4)20-29-27(32)18-16-14-12-10-8-6-2/h5-8,23-25H,9-22H2,1-4H3,(H,28,31)(H,29,32)/b7-5+,8-6+. The summed E-state index contributed by atoms with van der Waals surface area (Å²) in [4.78, 5) is 26.8. The molecule has 2 N–H and O–H groups in total. The van der Waals surface area contributed by atoms with Gasteiger partial charge in [0, 0.05) is 44.6 Å². The van der Waals surface area contributed by atoms with Gasteiger partial charge in [0.05, 0.1) is 12.7 Å². The summed E-state index contributed by atoms with van der Waals surface area (Å²) in [6.45, 7) is 11.2. The van der Waals surface area contributed by atoms with Crippen molar-refractivity contribution in [2.45, 2.75) is 110 Å². The molecule has 1 aliphatic heterocycles. The highest BCUT2D eigenvalue weighted by atomic mass is 16.6. The van der Waals surface area contributed by atoms with E-state index in [1.54, 1.807) is 0 Å². The molecule has 0 bridgehead atoms. The van der Waals surface area contributed by atoms with E-state index >= 15 is 0 Å². The Bertz CT molecular complexity index is 543. The van der Waals surface area contributed by atoms with Crippen molar-refractivity contribution in [1.82, 2.24) is 15.5 Å². The number of hydrogen-bond acceptors (Lipinski definition) is 4. The lowest BCUT2D eigenvalue weighted by Gasteiger charge is -2.34. The molecule has 0 aromatic rings. The van der Waals surface area contributed by atoms with E-state index in [1.807, 2.05) is 13.8 Å². The van der Waals surface area contributed by atoms with Crippen LogP contribution >= 0.6 is 0 Å². The fourth-order valence-corrected chi connectivity index (χ4v) is 3.92. The van der Waals surface area contributed by atoms with Gasteiger partial charge in [-0.25, -0.2) is 0 Å². The van der Waals surface area contributed by atoms with E-state index in [2.05, 4.69) is 53.7 Å². The number of nitrogens with zero attached hydrogens (tertiary/aromatic N) is 1. The lowest BCUT2D eigenvalue weighted by atomic mass is 10.1. The van der Waals surface area contributed by atoms with E-state index in [-0.39, 0.29) is 30.0 Å². The number of allylic oxidation sites excluding steroid dienone is 4. The fraction of sp³-hybridized carbons (Fsp3) is 0.778. The average molecular weight is 464 g/mol. The molecular formula is C27H49N3O3. The lowest BCUT2D eigenvalue weighted by Crippen LogP contribution is -2.51. The Morgan fingerprint density at radius 3 is 1.70 bits per heavy atom. The number of epoxide rings is 1.